The van der Waals surface area contributed by atoms with Crippen molar-refractivity contribution in [2.75, 3.05) is 17.7 Å². The number of hydrogen-bond acceptors (Lipinski definition) is 3. The van der Waals surface area contributed by atoms with E-state index in [2.05, 4.69) is 10.6 Å². The van der Waals surface area contributed by atoms with Crippen LogP contribution in [0.4, 0.5) is 16.2 Å². The molecule has 0 bridgehead atoms. The maximum Gasteiger partial charge on any atom is 0.323 e. The smallest absolute Gasteiger partial charge is 0.323 e. The molecule has 0 aliphatic carbocycles. The maximum absolute atomic E-state index is 12.0. The summed E-state index contributed by atoms with van der Waals surface area (Å²) in [5, 5.41) is 5.55. The van der Waals surface area contributed by atoms with Crippen LogP contribution >= 0.6 is 0 Å². The molecule has 0 saturated carbocycles. The molecule has 0 spiro atoms. The number of carbonyl (C=O) groups excluding carboxylic acids is 1. The van der Waals surface area contributed by atoms with Crippen LogP contribution in [0.25, 0.3) is 0 Å². The van der Waals surface area contributed by atoms with E-state index in [9.17, 15) is 4.79 Å². The summed E-state index contributed by atoms with van der Waals surface area (Å²) in [7, 11) is 1.64. The van der Waals surface area contributed by atoms with E-state index in [-0.39, 0.29) is 6.03 Å². The molecular formula is C21H20N2O3. The summed E-state index contributed by atoms with van der Waals surface area (Å²) >= 11 is 0. The zero-order valence-corrected chi connectivity index (χ0v) is 14.4. The topological polar surface area (TPSA) is 59.6 Å². The lowest BCUT2D eigenvalue weighted by Crippen LogP contribution is -2.19. The van der Waals surface area contributed by atoms with E-state index in [1.807, 2.05) is 66.7 Å². The second-order valence-electron chi connectivity index (χ2n) is 5.61. The van der Waals surface area contributed by atoms with E-state index >= 15 is 0 Å². The lowest BCUT2D eigenvalue weighted by molar-refractivity contribution is 0.262. The summed E-state index contributed by atoms with van der Waals surface area (Å²) in [6, 6.07) is 24.0. The number of anilines is 2. The van der Waals surface area contributed by atoms with Gasteiger partial charge in [-0.05, 0) is 54.1 Å². The van der Waals surface area contributed by atoms with Crippen molar-refractivity contribution in [2.24, 2.45) is 0 Å². The Morgan fingerprint density at radius 1 is 0.808 bits per heavy atom. The minimum absolute atomic E-state index is 0.291. The normalized spacial score (nSPS) is 10.0. The summed E-state index contributed by atoms with van der Waals surface area (Å²) in [5.74, 6) is 1.52. The SMILES string of the molecule is COc1cccc(COc2ccc(NC(=O)Nc3ccccc3)cc2)c1. The highest BCUT2D eigenvalue weighted by Crippen LogP contribution is 2.19. The van der Waals surface area contributed by atoms with E-state index < -0.39 is 0 Å². The number of nitrogens with one attached hydrogen (secondary N) is 2. The number of methoxy groups -OCH3 is 1. The first-order valence-corrected chi connectivity index (χ1v) is 8.22. The Hall–Kier alpha value is -3.47. The van der Waals surface area contributed by atoms with Gasteiger partial charge < -0.3 is 20.1 Å². The maximum atomic E-state index is 12.0. The third kappa shape index (κ3) is 5.01. The van der Waals surface area contributed by atoms with Gasteiger partial charge in [-0.3, -0.25) is 0 Å². The molecule has 3 aromatic carbocycles. The molecule has 0 saturated heterocycles. The molecule has 0 fully saturated rings. The number of para-hydroxylation sites is 1. The first-order valence-electron chi connectivity index (χ1n) is 8.22. The van der Waals surface area contributed by atoms with E-state index in [0.717, 1.165) is 22.7 Å². The molecule has 0 heterocycles. The zero-order chi connectivity index (χ0) is 18.2. The van der Waals surface area contributed by atoms with Gasteiger partial charge in [-0.2, -0.15) is 0 Å². The number of hydrogen-bond donors (Lipinski definition) is 2. The van der Waals surface area contributed by atoms with E-state index in [0.29, 0.717) is 12.3 Å². The fraction of sp³-hybridized carbons (Fsp3) is 0.0952. The number of rotatable bonds is 6. The van der Waals surface area contributed by atoms with Crippen molar-refractivity contribution >= 4 is 17.4 Å². The second-order valence-corrected chi connectivity index (χ2v) is 5.61. The molecule has 5 nitrogen and oxygen atoms in total. The van der Waals surface area contributed by atoms with Gasteiger partial charge in [-0.15, -0.1) is 0 Å². The largest absolute Gasteiger partial charge is 0.497 e. The van der Waals surface area contributed by atoms with E-state index in [1.165, 1.54) is 0 Å². The van der Waals surface area contributed by atoms with Crippen LogP contribution < -0.4 is 20.1 Å². The van der Waals surface area contributed by atoms with Crippen molar-refractivity contribution in [2.45, 2.75) is 6.61 Å². The molecule has 0 aromatic heterocycles. The summed E-state index contributed by atoms with van der Waals surface area (Å²) in [6.07, 6.45) is 0. The van der Waals surface area contributed by atoms with Gasteiger partial charge in [0.05, 0.1) is 7.11 Å². The summed E-state index contributed by atoms with van der Waals surface area (Å²) < 4.78 is 11.0. The van der Waals surface area contributed by atoms with Crippen LogP contribution in [0.15, 0.2) is 78.9 Å². The highest BCUT2D eigenvalue weighted by molar-refractivity contribution is 5.99. The monoisotopic (exact) mass is 348 g/mol. The van der Waals surface area contributed by atoms with Crippen LogP contribution in [0.2, 0.25) is 0 Å². The minimum atomic E-state index is -0.291. The fourth-order valence-electron chi connectivity index (χ4n) is 2.38. The van der Waals surface area contributed by atoms with Gasteiger partial charge in [-0.25, -0.2) is 4.79 Å². The van der Waals surface area contributed by atoms with Gasteiger partial charge in [0.2, 0.25) is 0 Å². The summed E-state index contributed by atoms with van der Waals surface area (Å²) in [4.78, 5) is 12.0. The first kappa shape index (κ1) is 17.4. The van der Waals surface area contributed by atoms with Crippen molar-refractivity contribution in [1.29, 1.82) is 0 Å². The van der Waals surface area contributed by atoms with Gasteiger partial charge in [0, 0.05) is 11.4 Å². The molecule has 26 heavy (non-hydrogen) atoms. The molecule has 2 N–H and O–H groups in total. The molecular weight excluding hydrogens is 328 g/mol. The van der Waals surface area contributed by atoms with E-state index in [1.54, 1.807) is 19.2 Å². The standard InChI is InChI=1S/C21H20N2O3/c1-25-20-9-5-6-16(14-20)15-26-19-12-10-18(11-13-19)23-21(24)22-17-7-3-2-4-8-17/h2-14H,15H2,1H3,(H2,22,23,24). The van der Waals surface area contributed by atoms with Crippen molar-refractivity contribution in [1.82, 2.24) is 0 Å². The molecule has 0 atom stereocenters. The number of ether oxygens (including phenoxy) is 2. The molecule has 2 amide bonds. The summed E-state index contributed by atoms with van der Waals surface area (Å²) in [5.41, 5.74) is 2.45. The molecule has 0 aliphatic heterocycles. The van der Waals surface area contributed by atoms with Crippen LogP contribution in [0.3, 0.4) is 0 Å². The zero-order valence-electron chi connectivity index (χ0n) is 14.4. The number of carbonyl (C=O) groups is 1. The highest BCUT2D eigenvalue weighted by atomic mass is 16.5. The van der Waals surface area contributed by atoms with Crippen molar-refractivity contribution < 1.29 is 14.3 Å². The van der Waals surface area contributed by atoms with Crippen LogP contribution in [-0.2, 0) is 6.61 Å². The molecule has 0 unspecified atom stereocenters. The van der Waals surface area contributed by atoms with Gasteiger partial charge in [0.15, 0.2) is 0 Å². The Bertz CT molecular complexity index is 849. The van der Waals surface area contributed by atoms with Gasteiger partial charge in [-0.1, -0.05) is 30.3 Å². The van der Waals surface area contributed by atoms with Crippen LogP contribution in [0.1, 0.15) is 5.56 Å². The van der Waals surface area contributed by atoms with Crippen molar-refractivity contribution in [3.05, 3.63) is 84.4 Å². The lowest BCUT2D eigenvalue weighted by Gasteiger charge is -2.10. The Balaban J connectivity index is 1.52. The van der Waals surface area contributed by atoms with Gasteiger partial charge >= 0.3 is 6.03 Å². The summed E-state index contributed by atoms with van der Waals surface area (Å²) in [6.45, 7) is 0.443. The molecule has 0 radical (unpaired) electrons. The number of benzene rings is 3. The lowest BCUT2D eigenvalue weighted by atomic mass is 10.2. The Kier molecular flexibility index (Phi) is 5.72. The minimum Gasteiger partial charge on any atom is -0.497 e. The highest BCUT2D eigenvalue weighted by Gasteiger charge is 2.03. The first-order chi connectivity index (χ1) is 12.7. The van der Waals surface area contributed by atoms with Crippen molar-refractivity contribution in [3.63, 3.8) is 0 Å². The van der Waals surface area contributed by atoms with Crippen LogP contribution in [-0.4, -0.2) is 13.1 Å². The number of amides is 2. The number of urea groups is 1. The van der Waals surface area contributed by atoms with Gasteiger partial charge in [0.25, 0.3) is 0 Å². The molecule has 5 heteroatoms. The third-order valence-electron chi connectivity index (χ3n) is 3.68. The second kappa shape index (κ2) is 8.58. The molecule has 132 valence electrons. The predicted molar refractivity (Wildman–Crippen MR) is 103 cm³/mol. The Labute approximate surface area is 152 Å². The van der Waals surface area contributed by atoms with E-state index in [4.69, 9.17) is 9.47 Å². The Morgan fingerprint density at radius 3 is 2.19 bits per heavy atom. The molecule has 3 rings (SSSR count). The van der Waals surface area contributed by atoms with Crippen molar-refractivity contribution in [3.8, 4) is 11.5 Å². The quantitative estimate of drug-likeness (QED) is 0.665. The average molecular weight is 348 g/mol. The molecule has 3 aromatic rings. The van der Waals surface area contributed by atoms with Crippen LogP contribution in [0, 0.1) is 0 Å². The third-order valence-corrected chi connectivity index (χ3v) is 3.68. The average Bonchev–Trinajstić information content (AvgIpc) is 2.68. The Morgan fingerprint density at radius 2 is 1.50 bits per heavy atom. The molecule has 0 aliphatic rings. The predicted octanol–water partition coefficient (Wildman–Crippen LogP) is 4.92. The fourth-order valence-corrected chi connectivity index (χ4v) is 2.38. The van der Waals surface area contributed by atoms with Gasteiger partial charge in [0.1, 0.15) is 18.1 Å². The van der Waals surface area contributed by atoms with Crippen LogP contribution in [0.5, 0.6) is 11.5 Å².